The largest absolute Gasteiger partial charge is 0.380 e. The minimum atomic E-state index is -0.472. The summed E-state index contributed by atoms with van der Waals surface area (Å²) >= 11 is 0. The summed E-state index contributed by atoms with van der Waals surface area (Å²) in [5.41, 5.74) is 6.01. The molecule has 0 bridgehead atoms. The third-order valence-electron chi connectivity index (χ3n) is 2.78. The van der Waals surface area contributed by atoms with Crippen LogP contribution in [0.2, 0.25) is 0 Å². The number of nitro groups is 1. The highest BCUT2D eigenvalue weighted by molar-refractivity contribution is 5.58. The zero-order valence-corrected chi connectivity index (χ0v) is 10.9. The number of hydrogen-bond donors (Lipinski definition) is 1. The minimum absolute atomic E-state index is 0.0226. The predicted molar refractivity (Wildman–Crippen MR) is 69.9 cm³/mol. The summed E-state index contributed by atoms with van der Waals surface area (Å²) in [7, 11) is 1.55. The molecule has 8 nitrogen and oxygen atoms in total. The van der Waals surface area contributed by atoms with Crippen molar-refractivity contribution in [3.63, 3.8) is 0 Å². The maximum Gasteiger partial charge on any atom is 0.270 e. The Kier molecular flexibility index (Phi) is 4.38. The summed E-state index contributed by atoms with van der Waals surface area (Å²) in [6.07, 6.45) is 0.197. The van der Waals surface area contributed by atoms with E-state index in [1.807, 2.05) is 0 Å². The Morgan fingerprint density at radius 2 is 2.35 bits per heavy atom. The Bertz CT molecular complexity index is 595. The Morgan fingerprint density at radius 1 is 1.55 bits per heavy atom. The van der Waals surface area contributed by atoms with Crippen LogP contribution in [0.15, 0.2) is 28.8 Å². The maximum absolute atomic E-state index is 10.7. The molecule has 0 saturated carbocycles. The number of ether oxygens (including phenoxy) is 1. The van der Waals surface area contributed by atoms with Crippen molar-refractivity contribution in [1.29, 1.82) is 0 Å². The average molecular weight is 278 g/mol. The second-order valence-electron chi connectivity index (χ2n) is 4.12. The van der Waals surface area contributed by atoms with Crippen LogP contribution in [-0.2, 0) is 11.2 Å². The molecule has 1 unspecified atom stereocenters. The van der Waals surface area contributed by atoms with Crippen molar-refractivity contribution in [2.24, 2.45) is 5.73 Å². The number of benzene rings is 1. The van der Waals surface area contributed by atoms with Crippen molar-refractivity contribution in [2.75, 3.05) is 13.7 Å². The van der Waals surface area contributed by atoms with Gasteiger partial charge in [-0.1, -0.05) is 17.3 Å². The van der Waals surface area contributed by atoms with Crippen LogP contribution in [-0.4, -0.2) is 34.8 Å². The van der Waals surface area contributed by atoms with Gasteiger partial charge < -0.3 is 15.0 Å². The van der Waals surface area contributed by atoms with Gasteiger partial charge in [-0.15, -0.1) is 0 Å². The highest BCUT2D eigenvalue weighted by atomic mass is 16.6. The molecule has 2 rings (SSSR count). The molecule has 20 heavy (non-hydrogen) atoms. The summed E-state index contributed by atoms with van der Waals surface area (Å²) in [6.45, 7) is 0.338. The van der Waals surface area contributed by atoms with Crippen LogP contribution in [0, 0.1) is 10.1 Å². The molecule has 0 saturated heterocycles. The zero-order valence-electron chi connectivity index (χ0n) is 10.9. The van der Waals surface area contributed by atoms with E-state index in [0.717, 1.165) is 0 Å². The van der Waals surface area contributed by atoms with E-state index in [1.165, 1.54) is 12.1 Å². The van der Waals surface area contributed by atoms with Gasteiger partial charge in [-0.05, 0) is 0 Å². The molecular weight excluding hydrogens is 264 g/mol. The van der Waals surface area contributed by atoms with E-state index >= 15 is 0 Å². The van der Waals surface area contributed by atoms with Crippen molar-refractivity contribution in [3.05, 3.63) is 40.3 Å². The standard InChI is InChI=1S/C12H14N4O4/c1-19-10(7-13)6-11-14-12(15-20-11)8-3-2-4-9(5-8)16(17)18/h2-5,10H,6-7,13H2,1H3. The third-order valence-corrected chi connectivity index (χ3v) is 2.78. The maximum atomic E-state index is 10.7. The van der Waals surface area contributed by atoms with E-state index < -0.39 is 4.92 Å². The van der Waals surface area contributed by atoms with E-state index in [4.69, 9.17) is 15.0 Å². The number of aromatic nitrogens is 2. The molecule has 2 N–H and O–H groups in total. The summed E-state index contributed by atoms with van der Waals surface area (Å²) in [5, 5.41) is 14.5. The fourth-order valence-corrected chi connectivity index (χ4v) is 1.67. The van der Waals surface area contributed by atoms with Crippen molar-refractivity contribution < 1.29 is 14.2 Å². The average Bonchev–Trinajstić information content (AvgIpc) is 2.93. The lowest BCUT2D eigenvalue weighted by molar-refractivity contribution is -0.384. The van der Waals surface area contributed by atoms with Crippen molar-refractivity contribution in [2.45, 2.75) is 12.5 Å². The number of non-ortho nitro benzene ring substituents is 1. The van der Waals surface area contributed by atoms with Gasteiger partial charge in [0.15, 0.2) is 0 Å². The van der Waals surface area contributed by atoms with Gasteiger partial charge in [0, 0.05) is 31.4 Å². The number of methoxy groups -OCH3 is 1. The molecule has 0 radical (unpaired) electrons. The monoisotopic (exact) mass is 278 g/mol. The predicted octanol–water partition coefficient (Wildman–Crippen LogP) is 1.16. The highest BCUT2D eigenvalue weighted by Gasteiger charge is 2.15. The van der Waals surface area contributed by atoms with Crippen LogP contribution in [0.25, 0.3) is 11.4 Å². The minimum Gasteiger partial charge on any atom is -0.380 e. The Labute approximate surface area is 114 Å². The third kappa shape index (κ3) is 3.16. The summed E-state index contributed by atoms with van der Waals surface area (Å²) in [4.78, 5) is 14.4. The molecule has 2 aromatic rings. The van der Waals surface area contributed by atoms with Crippen LogP contribution >= 0.6 is 0 Å². The molecule has 1 heterocycles. The fraction of sp³-hybridized carbons (Fsp3) is 0.333. The molecule has 0 aliphatic rings. The molecule has 0 spiro atoms. The van der Waals surface area contributed by atoms with E-state index in [2.05, 4.69) is 10.1 Å². The lowest BCUT2D eigenvalue weighted by atomic mass is 10.2. The van der Waals surface area contributed by atoms with Crippen molar-refractivity contribution in [3.8, 4) is 11.4 Å². The normalized spacial score (nSPS) is 12.3. The van der Waals surface area contributed by atoms with E-state index in [-0.39, 0.29) is 11.8 Å². The second-order valence-corrected chi connectivity index (χ2v) is 4.12. The van der Waals surface area contributed by atoms with E-state index in [0.29, 0.717) is 30.2 Å². The lowest BCUT2D eigenvalue weighted by Gasteiger charge is -2.08. The van der Waals surface area contributed by atoms with Gasteiger partial charge in [-0.3, -0.25) is 10.1 Å². The first kappa shape index (κ1) is 14.1. The molecule has 1 aromatic heterocycles. The van der Waals surface area contributed by atoms with Gasteiger partial charge in [0.1, 0.15) is 0 Å². The van der Waals surface area contributed by atoms with Crippen LogP contribution in [0.4, 0.5) is 5.69 Å². The van der Waals surface area contributed by atoms with Gasteiger partial charge in [0.25, 0.3) is 5.69 Å². The van der Waals surface area contributed by atoms with Crippen LogP contribution in [0.1, 0.15) is 5.89 Å². The van der Waals surface area contributed by atoms with Gasteiger partial charge in [-0.2, -0.15) is 4.98 Å². The lowest BCUT2D eigenvalue weighted by Crippen LogP contribution is -2.24. The van der Waals surface area contributed by atoms with Gasteiger partial charge >= 0.3 is 0 Å². The van der Waals surface area contributed by atoms with Gasteiger partial charge in [-0.25, -0.2) is 0 Å². The Hall–Kier alpha value is -2.32. The first-order valence-corrected chi connectivity index (χ1v) is 5.94. The molecule has 8 heteroatoms. The molecular formula is C12H14N4O4. The molecule has 0 amide bonds. The fourth-order valence-electron chi connectivity index (χ4n) is 1.67. The smallest absolute Gasteiger partial charge is 0.270 e. The van der Waals surface area contributed by atoms with Crippen LogP contribution in [0.5, 0.6) is 0 Å². The summed E-state index contributed by atoms with van der Waals surface area (Å²) in [6, 6.07) is 6.05. The van der Waals surface area contributed by atoms with Gasteiger partial charge in [0.05, 0.1) is 17.4 Å². The van der Waals surface area contributed by atoms with Crippen LogP contribution in [0.3, 0.4) is 0 Å². The zero-order chi connectivity index (χ0) is 14.5. The number of nitrogens with two attached hydrogens (primary N) is 1. The first-order valence-electron chi connectivity index (χ1n) is 5.94. The quantitative estimate of drug-likeness (QED) is 0.622. The summed E-state index contributed by atoms with van der Waals surface area (Å²) in [5.74, 6) is 0.680. The Balaban J connectivity index is 2.20. The summed E-state index contributed by atoms with van der Waals surface area (Å²) < 4.78 is 10.2. The van der Waals surface area contributed by atoms with E-state index in [9.17, 15) is 10.1 Å². The number of hydrogen-bond acceptors (Lipinski definition) is 7. The van der Waals surface area contributed by atoms with Crippen LogP contribution < -0.4 is 5.73 Å². The van der Waals surface area contributed by atoms with Gasteiger partial charge in [0.2, 0.25) is 11.7 Å². The molecule has 1 aromatic carbocycles. The number of rotatable bonds is 6. The van der Waals surface area contributed by atoms with Crippen molar-refractivity contribution >= 4 is 5.69 Å². The topological polar surface area (TPSA) is 117 Å². The molecule has 106 valence electrons. The number of nitrogens with zero attached hydrogens (tertiary/aromatic N) is 3. The van der Waals surface area contributed by atoms with Crippen molar-refractivity contribution in [1.82, 2.24) is 10.1 Å². The molecule has 1 atom stereocenters. The highest BCUT2D eigenvalue weighted by Crippen LogP contribution is 2.21. The second kappa shape index (κ2) is 6.22. The number of nitro benzene ring substituents is 1. The molecule has 0 aliphatic heterocycles. The SMILES string of the molecule is COC(CN)Cc1nc(-c2cccc([N+](=O)[O-])c2)no1. The first-order chi connectivity index (χ1) is 9.63. The molecule has 0 aliphatic carbocycles. The molecule has 0 fully saturated rings. The Morgan fingerprint density at radius 3 is 3.00 bits per heavy atom. The van der Waals surface area contributed by atoms with E-state index in [1.54, 1.807) is 19.2 Å².